The van der Waals surface area contributed by atoms with Crippen LogP contribution in [-0.4, -0.2) is 17.6 Å². The van der Waals surface area contributed by atoms with Crippen LogP contribution in [0.5, 0.6) is 0 Å². The van der Waals surface area contributed by atoms with Crippen molar-refractivity contribution in [2.45, 2.75) is 20.8 Å². The van der Waals surface area contributed by atoms with Gasteiger partial charge in [0.1, 0.15) is 0 Å². The standard InChI is InChI=1S/C8H15NO2/c1-6(7(10)11)4-8(2,3)5-9/h4H,5,9H2,1-3H3,(H,10,11)/b6-4+. The Morgan fingerprint density at radius 1 is 1.64 bits per heavy atom. The van der Waals surface area contributed by atoms with Crippen LogP contribution in [0.3, 0.4) is 0 Å². The average Bonchev–Trinajstić information content (AvgIpc) is 1.87. The van der Waals surface area contributed by atoms with Crippen molar-refractivity contribution in [1.82, 2.24) is 0 Å². The maximum absolute atomic E-state index is 10.4. The van der Waals surface area contributed by atoms with Gasteiger partial charge in [-0.2, -0.15) is 0 Å². The van der Waals surface area contributed by atoms with E-state index in [1.807, 2.05) is 13.8 Å². The molecule has 0 radical (unpaired) electrons. The van der Waals surface area contributed by atoms with E-state index >= 15 is 0 Å². The molecule has 0 aromatic rings. The van der Waals surface area contributed by atoms with Crippen LogP contribution >= 0.6 is 0 Å². The minimum atomic E-state index is -0.883. The van der Waals surface area contributed by atoms with Gasteiger partial charge in [-0.25, -0.2) is 4.79 Å². The third kappa shape index (κ3) is 3.78. The Balaban J connectivity index is 4.41. The zero-order valence-electron chi connectivity index (χ0n) is 7.22. The van der Waals surface area contributed by atoms with Crippen molar-refractivity contribution >= 4 is 5.97 Å². The van der Waals surface area contributed by atoms with Gasteiger partial charge in [0.15, 0.2) is 0 Å². The molecule has 0 aromatic heterocycles. The monoisotopic (exact) mass is 157 g/mol. The van der Waals surface area contributed by atoms with E-state index in [9.17, 15) is 4.79 Å². The minimum absolute atomic E-state index is 0.220. The Morgan fingerprint density at radius 3 is 2.36 bits per heavy atom. The highest BCUT2D eigenvalue weighted by Crippen LogP contribution is 2.16. The molecule has 0 aliphatic heterocycles. The first kappa shape index (κ1) is 10.2. The quantitative estimate of drug-likeness (QED) is 0.601. The molecular weight excluding hydrogens is 142 g/mol. The van der Waals surface area contributed by atoms with Crippen molar-refractivity contribution in [2.75, 3.05) is 6.54 Å². The molecule has 3 N–H and O–H groups in total. The first-order valence-electron chi connectivity index (χ1n) is 3.52. The molecule has 0 heterocycles. The van der Waals surface area contributed by atoms with E-state index in [0.29, 0.717) is 12.1 Å². The van der Waals surface area contributed by atoms with Crippen LogP contribution in [0, 0.1) is 5.41 Å². The van der Waals surface area contributed by atoms with Gasteiger partial charge in [-0.3, -0.25) is 0 Å². The molecule has 0 fully saturated rings. The number of hydrogen-bond donors (Lipinski definition) is 2. The zero-order chi connectivity index (χ0) is 9.07. The lowest BCUT2D eigenvalue weighted by molar-refractivity contribution is -0.132. The van der Waals surface area contributed by atoms with Gasteiger partial charge in [-0.05, 0) is 12.3 Å². The average molecular weight is 157 g/mol. The molecule has 0 amide bonds. The molecule has 0 aromatic carbocycles. The third-order valence-corrected chi connectivity index (χ3v) is 1.47. The van der Waals surface area contributed by atoms with Crippen molar-refractivity contribution in [3.05, 3.63) is 11.6 Å². The van der Waals surface area contributed by atoms with E-state index in [-0.39, 0.29) is 5.41 Å². The molecule has 3 heteroatoms. The number of nitrogens with two attached hydrogens (primary N) is 1. The maximum Gasteiger partial charge on any atom is 0.330 e. The summed E-state index contributed by atoms with van der Waals surface area (Å²) in [4.78, 5) is 10.4. The molecule has 0 bridgehead atoms. The van der Waals surface area contributed by atoms with Gasteiger partial charge >= 0.3 is 5.97 Å². The second-order valence-electron chi connectivity index (χ2n) is 3.33. The van der Waals surface area contributed by atoms with Crippen LogP contribution in [0.4, 0.5) is 0 Å². The highest BCUT2D eigenvalue weighted by molar-refractivity contribution is 5.85. The molecule has 0 spiro atoms. The first-order valence-corrected chi connectivity index (χ1v) is 3.52. The highest BCUT2D eigenvalue weighted by atomic mass is 16.4. The summed E-state index contributed by atoms with van der Waals surface area (Å²) in [6.07, 6.45) is 1.68. The minimum Gasteiger partial charge on any atom is -0.478 e. The van der Waals surface area contributed by atoms with Gasteiger partial charge in [0, 0.05) is 12.1 Å². The summed E-state index contributed by atoms with van der Waals surface area (Å²) >= 11 is 0. The Kier molecular flexibility index (Phi) is 3.26. The molecule has 3 nitrogen and oxygen atoms in total. The van der Waals surface area contributed by atoms with Crippen LogP contribution in [0.1, 0.15) is 20.8 Å². The summed E-state index contributed by atoms with van der Waals surface area (Å²) < 4.78 is 0. The number of carboxylic acids is 1. The van der Waals surface area contributed by atoms with Gasteiger partial charge in [0.05, 0.1) is 0 Å². The predicted octanol–water partition coefficient (Wildman–Crippen LogP) is 1.00. The molecule has 11 heavy (non-hydrogen) atoms. The molecule has 0 saturated heterocycles. The number of rotatable bonds is 3. The number of aliphatic carboxylic acids is 1. The topological polar surface area (TPSA) is 63.3 Å². The highest BCUT2D eigenvalue weighted by Gasteiger charge is 2.13. The molecule has 0 aliphatic carbocycles. The molecule has 0 aliphatic rings. The van der Waals surface area contributed by atoms with Gasteiger partial charge in [0.25, 0.3) is 0 Å². The van der Waals surface area contributed by atoms with E-state index in [1.54, 1.807) is 13.0 Å². The fraction of sp³-hybridized carbons (Fsp3) is 0.625. The number of carboxylic acid groups (broad SMARTS) is 1. The first-order chi connectivity index (χ1) is 4.89. The van der Waals surface area contributed by atoms with Crippen LogP contribution in [-0.2, 0) is 4.79 Å². The van der Waals surface area contributed by atoms with Crippen molar-refractivity contribution < 1.29 is 9.90 Å². The fourth-order valence-corrected chi connectivity index (χ4v) is 0.707. The van der Waals surface area contributed by atoms with Gasteiger partial charge in [-0.15, -0.1) is 0 Å². The summed E-state index contributed by atoms with van der Waals surface area (Å²) in [6.45, 7) is 5.83. The number of hydrogen-bond acceptors (Lipinski definition) is 2. The fourth-order valence-electron chi connectivity index (χ4n) is 0.707. The molecule has 0 unspecified atom stereocenters. The smallest absolute Gasteiger partial charge is 0.330 e. The lowest BCUT2D eigenvalue weighted by Crippen LogP contribution is -2.22. The zero-order valence-corrected chi connectivity index (χ0v) is 7.22. The Bertz CT molecular complexity index is 183. The van der Waals surface area contributed by atoms with Crippen LogP contribution in [0.2, 0.25) is 0 Å². The van der Waals surface area contributed by atoms with E-state index in [0.717, 1.165) is 0 Å². The largest absolute Gasteiger partial charge is 0.478 e. The summed E-state index contributed by atoms with van der Waals surface area (Å²) in [7, 11) is 0. The SMILES string of the molecule is C/C(=C\C(C)(C)CN)C(=O)O. The van der Waals surface area contributed by atoms with Crippen molar-refractivity contribution in [3.8, 4) is 0 Å². The van der Waals surface area contributed by atoms with Crippen molar-refractivity contribution in [1.29, 1.82) is 0 Å². The van der Waals surface area contributed by atoms with Gasteiger partial charge in [-0.1, -0.05) is 19.9 Å². The molecule has 0 rings (SSSR count). The van der Waals surface area contributed by atoms with Crippen LogP contribution in [0.25, 0.3) is 0 Å². The van der Waals surface area contributed by atoms with Gasteiger partial charge < -0.3 is 10.8 Å². The van der Waals surface area contributed by atoms with E-state index < -0.39 is 5.97 Å². The van der Waals surface area contributed by atoms with E-state index in [4.69, 9.17) is 10.8 Å². The van der Waals surface area contributed by atoms with Crippen LogP contribution < -0.4 is 5.73 Å². The second-order valence-corrected chi connectivity index (χ2v) is 3.33. The lowest BCUT2D eigenvalue weighted by atomic mass is 9.91. The maximum atomic E-state index is 10.4. The lowest BCUT2D eigenvalue weighted by Gasteiger charge is -2.17. The molecule has 0 saturated carbocycles. The Morgan fingerprint density at radius 2 is 2.09 bits per heavy atom. The Labute approximate surface area is 66.9 Å². The summed E-state index contributed by atoms with van der Waals surface area (Å²) in [5.74, 6) is -0.883. The predicted molar refractivity (Wildman–Crippen MR) is 44.2 cm³/mol. The normalized spacial score (nSPS) is 13.3. The molecule has 0 atom stereocenters. The third-order valence-electron chi connectivity index (χ3n) is 1.47. The summed E-state index contributed by atoms with van der Waals surface area (Å²) in [5.41, 5.74) is 5.55. The van der Waals surface area contributed by atoms with E-state index in [2.05, 4.69) is 0 Å². The van der Waals surface area contributed by atoms with Crippen LogP contribution in [0.15, 0.2) is 11.6 Å². The van der Waals surface area contributed by atoms with E-state index in [1.165, 1.54) is 0 Å². The second kappa shape index (κ2) is 3.53. The molecule has 64 valence electrons. The number of carbonyl (C=O) groups is 1. The molecular formula is C8H15NO2. The summed E-state index contributed by atoms with van der Waals surface area (Å²) in [5, 5.41) is 8.53. The Hall–Kier alpha value is -0.830. The van der Waals surface area contributed by atoms with Crippen molar-refractivity contribution in [3.63, 3.8) is 0 Å². The van der Waals surface area contributed by atoms with Crippen molar-refractivity contribution in [2.24, 2.45) is 11.1 Å². The van der Waals surface area contributed by atoms with Gasteiger partial charge in [0.2, 0.25) is 0 Å². The summed E-state index contributed by atoms with van der Waals surface area (Å²) in [6, 6.07) is 0.